The molecule has 0 amide bonds. The van der Waals surface area contributed by atoms with Crippen LogP contribution in [-0.4, -0.2) is 49.0 Å². The summed E-state index contributed by atoms with van der Waals surface area (Å²) in [7, 11) is -1.75. The van der Waals surface area contributed by atoms with Gasteiger partial charge < -0.3 is 10.1 Å². The lowest BCUT2D eigenvalue weighted by Crippen LogP contribution is -2.26. The van der Waals surface area contributed by atoms with Crippen LogP contribution < -0.4 is 5.32 Å². The second kappa shape index (κ2) is 5.52. The van der Waals surface area contributed by atoms with Gasteiger partial charge in [-0.25, -0.2) is 23.2 Å². The van der Waals surface area contributed by atoms with Crippen LogP contribution in [-0.2, 0) is 14.6 Å². The van der Waals surface area contributed by atoms with Crippen molar-refractivity contribution in [2.45, 2.75) is 18.1 Å². The molecule has 7 nitrogen and oxygen atoms in total. The van der Waals surface area contributed by atoms with Crippen molar-refractivity contribution in [3.8, 4) is 0 Å². The molecule has 1 N–H and O–H groups in total. The SMILES string of the molecule is COC(=O)c1cncnc1NCC1CCCS1(=O)=O. The summed E-state index contributed by atoms with van der Waals surface area (Å²) in [4.78, 5) is 19.2. The number of esters is 1. The van der Waals surface area contributed by atoms with Crippen molar-refractivity contribution in [1.29, 1.82) is 0 Å². The molecule has 1 aromatic heterocycles. The second-order valence-corrected chi connectivity index (χ2v) is 6.69. The van der Waals surface area contributed by atoms with Gasteiger partial charge in [0.1, 0.15) is 17.7 Å². The van der Waals surface area contributed by atoms with Gasteiger partial charge >= 0.3 is 5.97 Å². The third kappa shape index (κ3) is 3.01. The van der Waals surface area contributed by atoms with E-state index in [-0.39, 0.29) is 17.9 Å². The Hall–Kier alpha value is -1.70. The first-order valence-electron chi connectivity index (χ1n) is 5.88. The van der Waals surface area contributed by atoms with Crippen LogP contribution >= 0.6 is 0 Å². The van der Waals surface area contributed by atoms with Crippen LogP contribution in [0, 0.1) is 0 Å². The molecule has 1 unspecified atom stereocenters. The minimum absolute atomic E-state index is 0.195. The Morgan fingerprint density at radius 3 is 3.00 bits per heavy atom. The molecule has 0 bridgehead atoms. The van der Waals surface area contributed by atoms with Gasteiger partial charge in [0.15, 0.2) is 9.84 Å². The number of hydrogen-bond acceptors (Lipinski definition) is 7. The lowest BCUT2D eigenvalue weighted by molar-refractivity contribution is 0.0601. The molecule has 8 heteroatoms. The number of sulfone groups is 1. The molecule has 1 aliphatic heterocycles. The number of nitrogens with one attached hydrogen (secondary N) is 1. The van der Waals surface area contributed by atoms with Crippen molar-refractivity contribution in [3.63, 3.8) is 0 Å². The van der Waals surface area contributed by atoms with E-state index in [1.807, 2.05) is 0 Å². The number of carbonyl (C=O) groups is 1. The molecule has 19 heavy (non-hydrogen) atoms. The first-order valence-corrected chi connectivity index (χ1v) is 7.60. The van der Waals surface area contributed by atoms with Crippen LogP contribution in [0.15, 0.2) is 12.5 Å². The van der Waals surface area contributed by atoms with E-state index in [4.69, 9.17) is 0 Å². The van der Waals surface area contributed by atoms with Crippen molar-refractivity contribution in [2.24, 2.45) is 0 Å². The number of methoxy groups -OCH3 is 1. The third-order valence-corrected chi connectivity index (χ3v) is 5.35. The summed E-state index contributed by atoms with van der Waals surface area (Å²) in [5, 5.41) is 2.47. The number of carbonyl (C=O) groups excluding carboxylic acids is 1. The van der Waals surface area contributed by atoms with Crippen LogP contribution in [0.3, 0.4) is 0 Å². The Morgan fingerprint density at radius 2 is 2.37 bits per heavy atom. The Bertz CT molecular complexity index is 573. The molecule has 2 heterocycles. The zero-order chi connectivity index (χ0) is 13.9. The van der Waals surface area contributed by atoms with Gasteiger partial charge in [-0.2, -0.15) is 0 Å². The molecular formula is C11H15N3O4S. The van der Waals surface area contributed by atoms with E-state index in [9.17, 15) is 13.2 Å². The average molecular weight is 285 g/mol. The topological polar surface area (TPSA) is 98.2 Å². The van der Waals surface area contributed by atoms with E-state index in [1.165, 1.54) is 19.6 Å². The quantitative estimate of drug-likeness (QED) is 0.792. The highest BCUT2D eigenvalue weighted by atomic mass is 32.2. The van der Waals surface area contributed by atoms with Gasteiger partial charge in [0.05, 0.1) is 18.1 Å². The van der Waals surface area contributed by atoms with Crippen LogP contribution in [0.2, 0.25) is 0 Å². The summed E-state index contributed by atoms with van der Waals surface area (Å²) < 4.78 is 28.0. The Kier molecular flexibility index (Phi) is 3.98. The monoisotopic (exact) mass is 285 g/mol. The largest absolute Gasteiger partial charge is 0.465 e. The van der Waals surface area contributed by atoms with Gasteiger partial charge in [0.2, 0.25) is 0 Å². The summed E-state index contributed by atoms with van der Waals surface area (Å²) in [6.45, 7) is 0.239. The van der Waals surface area contributed by atoms with Gasteiger partial charge in [0.25, 0.3) is 0 Å². The number of ether oxygens (including phenoxy) is 1. The predicted molar refractivity (Wildman–Crippen MR) is 68.7 cm³/mol. The molecule has 1 atom stereocenters. The zero-order valence-corrected chi connectivity index (χ0v) is 11.3. The molecule has 1 aromatic rings. The van der Waals surface area contributed by atoms with Crippen molar-refractivity contribution in [1.82, 2.24) is 9.97 Å². The summed E-state index contributed by atoms with van der Waals surface area (Å²) >= 11 is 0. The van der Waals surface area contributed by atoms with E-state index < -0.39 is 21.1 Å². The van der Waals surface area contributed by atoms with Gasteiger partial charge in [-0.1, -0.05) is 0 Å². The smallest absolute Gasteiger partial charge is 0.343 e. The molecule has 1 saturated heterocycles. The van der Waals surface area contributed by atoms with Crippen molar-refractivity contribution in [2.75, 3.05) is 24.7 Å². The fourth-order valence-corrected chi connectivity index (χ4v) is 3.79. The standard InChI is InChI=1S/C11H15N3O4S/c1-18-11(15)9-6-12-7-14-10(9)13-5-8-3-2-4-19(8,16)17/h6-8H,2-5H2,1H3,(H,12,13,14). The molecule has 0 aliphatic carbocycles. The van der Waals surface area contributed by atoms with E-state index in [0.717, 1.165) is 0 Å². The predicted octanol–water partition coefficient (Wildman–Crippen LogP) is 0.252. The minimum atomic E-state index is -3.02. The molecule has 0 radical (unpaired) electrons. The molecule has 0 saturated carbocycles. The fraction of sp³-hybridized carbons (Fsp3) is 0.545. The van der Waals surface area contributed by atoms with Crippen LogP contribution in [0.5, 0.6) is 0 Å². The normalized spacial score (nSPS) is 21.0. The fourth-order valence-electron chi connectivity index (χ4n) is 2.03. The highest BCUT2D eigenvalue weighted by Crippen LogP contribution is 2.21. The van der Waals surface area contributed by atoms with E-state index in [0.29, 0.717) is 18.7 Å². The molecule has 0 spiro atoms. The Labute approximate surface area is 111 Å². The lowest BCUT2D eigenvalue weighted by atomic mass is 10.2. The molecule has 2 rings (SSSR count). The van der Waals surface area contributed by atoms with E-state index >= 15 is 0 Å². The average Bonchev–Trinajstić information content (AvgIpc) is 2.75. The number of nitrogens with zero attached hydrogens (tertiary/aromatic N) is 2. The van der Waals surface area contributed by atoms with E-state index in [2.05, 4.69) is 20.0 Å². The molecule has 104 valence electrons. The maximum atomic E-state index is 11.7. The number of aromatic nitrogens is 2. The van der Waals surface area contributed by atoms with Crippen LogP contribution in [0.25, 0.3) is 0 Å². The Morgan fingerprint density at radius 1 is 1.58 bits per heavy atom. The van der Waals surface area contributed by atoms with Gasteiger partial charge in [-0.3, -0.25) is 0 Å². The maximum Gasteiger partial charge on any atom is 0.343 e. The number of rotatable bonds is 4. The van der Waals surface area contributed by atoms with Crippen molar-refractivity contribution >= 4 is 21.6 Å². The van der Waals surface area contributed by atoms with Gasteiger partial charge in [-0.05, 0) is 12.8 Å². The maximum absolute atomic E-state index is 11.7. The van der Waals surface area contributed by atoms with Gasteiger partial charge in [0, 0.05) is 12.7 Å². The first-order chi connectivity index (χ1) is 9.04. The highest BCUT2D eigenvalue weighted by Gasteiger charge is 2.31. The van der Waals surface area contributed by atoms with Crippen LogP contribution in [0.1, 0.15) is 23.2 Å². The second-order valence-electron chi connectivity index (χ2n) is 4.29. The summed E-state index contributed by atoms with van der Waals surface area (Å²) in [5.41, 5.74) is 0.195. The first kappa shape index (κ1) is 13.7. The highest BCUT2D eigenvalue weighted by molar-refractivity contribution is 7.92. The molecule has 1 aliphatic rings. The summed E-state index contributed by atoms with van der Waals surface area (Å²) in [5.74, 6) is -0.0335. The zero-order valence-electron chi connectivity index (χ0n) is 10.5. The van der Waals surface area contributed by atoms with Crippen molar-refractivity contribution < 1.29 is 17.9 Å². The summed E-state index contributed by atoms with van der Waals surface area (Å²) in [6, 6.07) is 0. The van der Waals surface area contributed by atoms with Gasteiger partial charge in [-0.15, -0.1) is 0 Å². The molecule has 1 fully saturated rings. The van der Waals surface area contributed by atoms with Crippen molar-refractivity contribution in [3.05, 3.63) is 18.1 Å². The number of anilines is 1. The summed E-state index contributed by atoms with van der Waals surface area (Å²) in [6.07, 6.45) is 3.94. The third-order valence-electron chi connectivity index (χ3n) is 3.08. The molecular weight excluding hydrogens is 270 g/mol. The number of hydrogen-bond donors (Lipinski definition) is 1. The van der Waals surface area contributed by atoms with Crippen LogP contribution in [0.4, 0.5) is 5.82 Å². The minimum Gasteiger partial charge on any atom is -0.465 e. The molecule has 0 aromatic carbocycles. The Balaban J connectivity index is 2.10. The van der Waals surface area contributed by atoms with E-state index in [1.54, 1.807) is 0 Å². The lowest BCUT2D eigenvalue weighted by Gasteiger charge is -2.12.